The number of hydrogen-bond acceptors (Lipinski definition) is 4. The Labute approximate surface area is 162 Å². The van der Waals surface area contributed by atoms with Crippen molar-refractivity contribution in [3.05, 3.63) is 35.9 Å². The van der Waals surface area contributed by atoms with Crippen molar-refractivity contribution in [2.75, 3.05) is 13.2 Å². The SMILES string of the molecule is CC(C)(C)OC[C@H](C(=O)O)N(CCCc1ccccc1)C(=O)OC(C)(C)C. The van der Waals surface area contributed by atoms with E-state index in [0.717, 1.165) is 12.0 Å². The molecule has 6 heteroatoms. The molecule has 0 aliphatic heterocycles. The van der Waals surface area contributed by atoms with Gasteiger partial charge in [-0.1, -0.05) is 30.3 Å². The smallest absolute Gasteiger partial charge is 0.411 e. The molecular weight excluding hydrogens is 346 g/mol. The molecule has 0 saturated carbocycles. The van der Waals surface area contributed by atoms with E-state index in [1.165, 1.54) is 4.90 Å². The first-order valence-electron chi connectivity index (χ1n) is 9.29. The minimum atomic E-state index is -1.11. The van der Waals surface area contributed by atoms with Gasteiger partial charge in [0.25, 0.3) is 0 Å². The normalized spacial score (nSPS) is 13.1. The van der Waals surface area contributed by atoms with E-state index in [1.54, 1.807) is 20.8 Å². The first-order chi connectivity index (χ1) is 12.4. The molecule has 0 spiro atoms. The van der Waals surface area contributed by atoms with E-state index in [-0.39, 0.29) is 13.2 Å². The molecular formula is C21H33NO5. The van der Waals surface area contributed by atoms with Crippen molar-refractivity contribution in [2.24, 2.45) is 0 Å². The average Bonchev–Trinajstić information content (AvgIpc) is 2.51. The summed E-state index contributed by atoms with van der Waals surface area (Å²) in [6.45, 7) is 11.0. The van der Waals surface area contributed by atoms with Crippen molar-refractivity contribution in [1.82, 2.24) is 4.90 Å². The van der Waals surface area contributed by atoms with E-state index in [1.807, 2.05) is 51.1 Å². The topological polar surface area (TPSA) is 76.1 Å². The third kappa shape index (κ3) is 9.43. The Balaban J connectivity index is 2.89. The molecule has 152 valence electrons. The van der Waals surface area contributed by atoms with Crippen LogP contribution in [0, 0.1) is 0 Å². The number of rotatable bonds is 8. The summed E-state index contributed by atoms with van der Waals surface area (Å²) >= 11 is 0. The van der Waals surface area contributed by atoms with Crippen LogP contribution in [-0.4, -0.2) is 52.5 Å². The lowest BCUT2D eigenvalue weighted by Gasteiger charge is -2.33. The molecule has 1 aromatic carbocycles. The van der Waals surface area contributed by atoms with Crippen LogP contribution in [0.5, 0.6) is 0 Å². The molecule has 1 aromatic rings. The van der Waals surface area contributed by atoms with E-state index in [4.69, 9.17) is 9.47 Å². The van der Waals surface area contributed by atoms with Gasteiger partial charge < -0.3 is 14.6 Å². The van der Waals surface area contributed by atoms with Crippen molar-refractivity contribution in [3.8, 4) is 0 Å². The van der Waals surface area contributed by atoms with Crippen LogP contribution < -0.4 is 0 Å². The Morgan fingerprint density at radius 2 is 1.63 bits per heavy atom. The summed E-state index contributed by atoms with van der Waals surface area (Å²) in [5.74, 6) is -1.11. The molecule has 0 aliphatic carbocycles. The van der Waals surface area contributed by atoms with Gasteiger partial charge in [0.2, 0.25) is 0 Å². The van der Waals surface area contributed by atoms with Crippen LogP contribution in [-0.2, 0) is 20.7 Å². The van der Waals surface area contributed by atoms with Gasteiger partial charge in [0.1, 0.15) is 5.60 Å². The van der Waals surface area contributed by atoms with Crippen molar-refractivity contribution < 1.29 is 24.2 Å². The largest absolute Gasteiger partial charge is 0.480 e. The van der Waals surface area contributed by atoms with Gasteiger partial charge in [-0.15, -0.1) is 0 Å². The predicted molar refractivity (Wildman–Crippen MR) is 105 cm³/mol. The molecule has 0 unspecified atom stereocenters. The molecule has 0 fully saturated rings. The van der Waals surface area contributed by atoms with Gasteiger partial charge >= 0.3 is 12.1 Å². The van der Waals surface area contributed by atoms with Crippen molar-refractivity contribution >= 4 is 12.1 Å². The Morgan fingerprint density at radius 1 is 1.04 bits per heavy atom. The maximum Gasteiger partial charge on any atom is 0.411 e. The van der Waals surface area contributed by atoms with E-state index in [2.05, 4.69) is 0 Å². The number of aliphatic carboxylic acids is 1. The van der Waals surface area contributed by atoms with Gasteiger partial charge in [-0.2, -0.15) is 0 Å². The van der Waals surface area contributed by atoms with E-state index >= 15 is 0 Å². The molecule has 0 aliphatic rings. The predicted octanol–water partition coefficient (Wildman–Crippen LogP) is 4.12. The standard InChI is InChI=1S/C21H33NO5/c1-20(2,3)26-15-17(18(23)24)22(19(25)27-21(4,5)6)14-10-13-16-11-8-7-9-12-16/h7-9,11-12,17H,10,13-15H2,1-6H3,(H,23,24)/t17-/m1/s1. The summed E-state index contributed by atoms with van der Waals surface area (Å²) in [4.78, 5) is 25.8. The Bertz CT molecular complexity index is 601. The molecule has 0 aromatic heterocycles. The van der Waals surface area contributed by atoms with Gasteiger partial charge in [0.05, 0.1) is 12.2 Å². The molecule has 1 N–H and O–H groups in total. The first kappa shape index (κ1) is 23.0. The number of amides is 1. The maximum absolute atomic E-state index is 12.7. The van der Waals surface area contributed by atoms with Crippen LogP contribution >= 0.6 is 0 Å². The Kier molecular flexibility index (Phi) is 8.28. The Morgan fingerprint density at radius 3 is 2.11 bits per heavy atom. The highest BCUT2D eigenvalue weighted by molar-refractivity contribution is 5.80. The zero-order chi connectivity index (χ0) is 20.7. The molecule has 27 heavy (non-hydrogen) atoms. The van der Waals surface area contributed by atoms with E-state index in [0.29, 0.717) is 6.42 Å². The van der Waals surface area contributed by atoms with Gasteiger partial charge in [0.15, 0.2) is 6.04 Å². The molecule has 0 radical (unpaired) electrons. The first-order valence-corrected chi connectivity index (χ1v) is 9.29. The second-order valence-electron chi connectivity index (χ2n) is 8.54. The molecule has 0 bridgehead atoms. The number of benzene rings is 1. The number of carbonyl (C=O) groups excluding carboxylic acids is 1. The quantitative estimate of drug-likeness (QED) is 0.735. The van der Waals surface area contributed by atoms with Crippen molar-refractivity contribution in [1.29, 1.82) is 0 Å². The lowest BCUT2D eigenvalue weighted by molar-refractivity contribution is -0.148. The molecule has 0 saturated heterocycles. The number of carbonyl (C=O) groups is 2. The highest BCUT2D eigenvalue weighted by atomic mass is 16.6. The van der Waals surface area contributed by atoms with Gasteiger partial charge in [-0.3, -0.25) is 4.90 Å². The number of carboxylic acids is 1. The molecule has 1 rings (SSSR count). The summed E-state index contributed by atoms with van der Waals surface area (Å²) in [7, 11) is 0. The van der Waals surface area contributed by atoms with Crippen LogP contribution in [0.1, 0.15) is 53.5 Å². The summed E-state index contributed by atoms with van der Waals surface area (Å²) in [6.07, 6.45) is 0.732. The Hall–Kier alpha value is -2.08. The van der Waals surface area contributed by atoms with E-state index in [9.17, 15) is 14.7 Å². The number of ether oxygens (including phenoxy) is 2. The molecule has 0 heterocycles. The number of hydrogen-bond donors (Lipinski definition) is 1. The summed E-state index contributed by atoms with van der Waals surface area (Å²) in [5, 5.41) is 9.67. The number of aryl methyl sites for hydroxylation is 1. The molecule has 1 atom stereocenters. The monoisotopic (exact) mass is 379 g/mol. The van der Waals surface area contributed by atoms with Crippen molar-refractivity contribution in [3.63, 3.8) is 0 Å². The van der Waals surface area contributed by atoms with Gasteiger partial charge in [-0.25, -0.2) is 9.59 Å². The second-order valence-corrected chi connectivity index (χ2v) is 8.54. The van der Waals surface area contributed by atoms with Crippen LogP contribution in [0.15, 0.2) is 30.3 Å². The lowest BCUT2D eigenvalue weighted by atomic mass is 10.1. The van der Waals surface area contributed by atoms with Crippen LogP contribution in [0.25, 0.3) is 0 Å². The number of carboxylic acid groups (broad SMARTS) is 1. The third-order valence-electron chi connectivity index (χ3n) is 3.67. The lowest BCUT2D eigenvalue weighted by Crippen LogP contribution is -2.50. The fourth-order valence-corrected chi connectivity index (χ4v) is 2.42. The minimum absolute atomic E-state index is 0.0938. The zero-order valence-electron chi connectivity index (χ0n) is 17.3. The summed E-state index contributed by atoms with van der Waals surface area (Å²) in [5.41, 5.74) is -0.0699. The zero-order valence-corrected chi connectivity index (χ0v) is 17.3. The molecule has 6 nitrogen and oxygen atoms in total. The summed E-state index contributed by atoms with van der Waals surface area (Å²) in [6, 6.07) is 8.77. The average molecular weight is 379 g/mol. The summed E-state index contributed by atoms with van der Waals surface area (Å²) < 4.78 is 11.1. The molecule has 1 amide bonds. The fourth-order valence-electron chi connectivity index (χ4n) is 2.42. The maximum atomic E-state index is 12.7. The third-order valence-corrected chi connectivity index (χ3v) is 3.67. The van der Waals surface area contributed by atoms with Gasteiger partial charge in [-0.05, 0) is 59.9 Å². The van der Waals surface area contributed by atoms with Crippen molar-refractivity contribution in [2.45, 2.75) is 71.6 Å². The van der Waals surface area contributed by atoms with E-state index < -0.39 is 29.3 Å². The number of nitrogens with zero attached hydrogens (tertiary/aromatic N) is 1. The van der Waals surface area contributed by atoms with Crippen LogP contribution in [0.2, 0.25) is 0 Å². The fraction of sp³-hybridized carbons (Fsp3) is 0.619. The highest BCUT2D eigenvalue weighted by Gasteiger charge is 2.34. The highest BCUT2D eigenvalue weighted by Crippen LogP contribution is 2.16. The van der Waals surface area contributed by atoms with Crippen LogP contribution in [0.3, 0.4) is 0 Å². The minimum Gasteiger partial charge on any atom is -0.480 e. The van der Waals surface area contributed by atoms with Gasteiger partial charge in [0, 0.05) is 6.54 Å². The van der Waals surface area contributed by atoms with Crippen LogP contribution in [0.4, 0.5) is 4.79 Å². The second kappa shape index (κ2) is 9.74.